The van der Waals surface area contributed by atoms with Gasteiger partial charge in [-0.25, -0.2) is 0 Å². The highest BCUT2D eigenvalue weighted by Crippen LogP contribution is 2.23. The van der Waals surface area contributed by atoms with Crippen LogP contribution in [0.3, 0.4) is 0 Å². The summed E-state index contributed by atoms with van der Waals surface area (Å²) in [4.78, 5) is 15.0. The standard InChI is InChI=1S/C23H36N4O2/c1-17-9-6-7-11-26(17)12-8-10-25-23(28)22(15-24)14-21-13-18(2)27(20(21)4)19(3)16-29-5/h13-14,17,19H,6-12,16H2,1-5H3,(H,25,28). The number of hydrogen-bond acceptors (Lipinski definition) is 4. The molecular formula is C23H36N4O2. The summed E-state index contributed by atoms with van der Waals surface area (Å²) in [6.45, 7) is 11.8. The number of carbonyl (C=O) groups is 1. The number of nitrogens with zero attached hydrogens (tertiary/aromatic N) is 3. The van der Waals surface area contributed by atoms with Gasteiger partial charge in [0.2, 0.25) is 0 Å². The molecule has 0 radical (unpaired) electrons. The summed E-state index contributed by atoms with van der Waals surface area (Å²) in [6, 6.07) is 4.90. The van der Waals surface area contributed by atoms with E-state index in [2.05, 4.69) is 34.7 Å². The smallest absolute Gasteiger partial charge is 0.261 e. The van der Waals surface area contributed by atoms with Gasteiger partial charge in [0.1, 0.15) is 11.6 Å². The number of aromatic nitrogens is 1. The van der Waals surface area contributed by atoms with Crippen molar-refractivity contribution < 1.29 is 9.53 Å². The van der Waals surface area contributed by atoms with Crippen molar-refractivity contribution in [2.45, 2.75) is 65.5 Å². The Kier molecular flexibility index (Phi) is 8.94. The molecule has 0 saturated carbocycles. The van der Waals surface area contributed by atoms with E-state index in [9.17, 15) is 10.1 Å². The molecule has 2 heterocycles. The molecule has 6 heteroatoms. The molecular weight excluding hydrogens is 364 g/mol. The molecule has 2 atom stereocenters. The van der Waals surface area contributed by atoms with Crippen molar-refractivity contribution in [3.05, 3.63) is 28.6 Å². The minimum atomic E-state index is -0.297. The maximum Gasteiger partial charge on any atom is 0.261 e. The van der Waals surface area contributed by atoms with Crippen LogP contribution in [0.4, 0.5) is 0 Å². The highest BCUT2D eigenvalue weighted by Gasteiger charge is 2.18. The number of hydrogen-bond donors (Lipinski definition) is 1. The van der Waals surface area contributed by atoms with Crippen LogP contribution in [0.15, 0.2) is 11.6 Å². The second-order valence-electron chi connectivity index (χ2n) is 8.16. The fourth-order valence-corrected chi connectivity index (χ4v) is 4.32. The molecule has 1 aliphatic heterocycles. The van der Waals surface area contributed by atoms with Crippen molar-refractivity contribution >= 4 is 12.0 Å². The predicted molar refractivity (Wildman–Crippen MR) is 117 cm³/mol. The molecule has 6 nitrogen and oxygen atoms in total. The van der Waals surface area contributed by atoms with Crippen LogP contribution in [0.2, 0.25) is 0 Å². The Morgan fingerprint density at radius 1 is 1.45 bits per heavy atom. The van der Waals surface area contributed by atoms with Crippen molar-refractivity contribution in [2.75, 3.05) is 33.4 Å². The number of rotatable bonds is 9. The van der Waals surface area contributed by atoms with E-state index in [1.165, 1.54) is 19.3 Å². The van der Waals surface area contributed by atoms with E-state index in [1.54, 1.807) is 13.2 Å². The average Bonchev–Trinajstić information content (AvgIpc) is 2.97. The number of methoxy groups -OCH3 is 1. The summed E-state index contributed by atoms with van der Waals surface area (Å²) in [5.41, 5.74) is 3.17. The van der Waals surface area contributed by atoms with Crippen LogP contribution < -0.4 is 5.32 Å². The normalized spacial score (nSPS) is 19.0. The molecule has 2 rings (SSSR count). The van der Waals surface area contributed by atoms with Gasteiger partial charge in [0.05, 0.1) is 12.6 Å². The third-order valence-corrected chi connectivity index (χ3v) is 5.89. The van der Waals surface area contributed by atoms with Gasteiger partial charge < -0.3 is 19.5 Å². The monoisotopic (exact) mass is 400 g/mol. The molecule has 1 fully saturated rings. The summed E-state index contributed by atoms with van der Waals surface area (Å²) in [6.07, 6.45) is 6.43. The SMILES string of the molecule is COCC(C)n1c(C)cc(C=C(C#N)C(=O)NCCCN2CCCCC2C)c1C. The van der Waals surface area contributed by atoms with Gasteiger partial charge in [-0.1, -0.05) is 6.42 Å². The maximum absolute atomic E-state index is 12.5. The fraction of sp³-hybridized carbons (Fsp3) is 0.652. The summed E-state index contributed by atoms with van der Waals surface area (Å²) in [7, 11) is 1.69. The number of aryl methyl sites for hydroxylation is 1. The Morgan fingerprint density at radius 2 is 2.21 bits per heavy atom. The predicted octanol–water partition coefficient (Wildman–Crippen LogP) is 3.60. The third-order valence-electron chi connectivity index (χ3n) is 5.89. The second-order valence-corrected chi connectivity index (χ2v) is 8.16. The maximum atomic E-state index is 12.5. The van der Waals surface area contributed by atoms with Crippen LogP contribution in [-0.4, -0.2) is 54.8 Å². The first kappa shape index (κ1) is 23.2. The number of ether oxygens (including phenoxy) is 1. The van der Waals surface area contributed by atoms with E-state index in [1.807, 2.05) is 19.9 Å². The fourth-order valence-electron chi connectivity index (χ4n) is 4.32. The summed E-state index contributed by atoms with van der Waals surface area (Å²) in [5.74, 6) is -0.297. The lowest BCUT2D eigenvalue weighted by atomic mass is 10.0. The van der Waals surface area contributed by atoms with Crippen LogP contribution in [0.1, 0.15) is 62.5 Å². The molecule has 160 valence electrons. The molecule has 1 aromatic rings. The van der Waals surface area contributed by atoms with Gasteiger partial charge in [-0.05, 0) is 71.2 Å². The molecule has 29 heavy (non-hydrogen) atoms. The average molecular weight is 401 g/mol. The third kappa shape index (κ3) is 6.19. The lowest BCUT2D eigenvalue weighted by Gasteiger charge is -2.33. The Balaban J connectivity index is 1.96. The lowest BCUT2D eigenvalue weighted by Crippen LogP contribution is -2.39. The molecule has 1 N–H and O–H groups in total. The van der Waals surface area contributed by atoms with E-state index < -0.39 is 0 Å². The van der Waals surface area contributed by atoms with E-state index >= 15 is 0 Å². The zero-order chi connectivity index (χ0) is 21.4. The Labute approximate surface area is 175 Å². The zero-order valence-corrected chi connectivity index (χ0v) is 18.6. The first-order valence-electron chi connectivity index (χ1n) is 10.7. The van der Waals surface area contributed by atoms with Gasteiger partial charge in [0.25, 0.3) is 5.91 Å². The lowest BCUT2D eigenvalue weighted by molar-refractivity contribution is -0.117. The molecule has 1 amide bonds. The van der Waals surface area contributed by atoms with Crippen molar-refractivity contribution in [1.29, 1.82) is 5.26 Å². The number of nitrogens with one attached hydrogen (secondary N) is 1. The number of carbonyl (C=O) groups excluding carboxylic acids is 1. The van der Waals surface area contributed by atoms with Gasteiger partial charge in [0.15, 0.2) is 0 Å². The molecule has 0 aliphatic carbocycles. The van der Waals surface area contributed by atoms with E-state index in [-0.39, 0.29) is 17.5 Å². The van der Waals surface area contributed by atoms with Gasteiger partial charge in [-0.2, -0.15) is 5.26 Å². The second kappa shape index (κ2) is 11.2. The first-order chi connectivity index (χ1) is 13.9. The highest BCUT2D eigenvalue weighted by molar-refractivity contribution is 6.01. The molecule has 1 aliphatic rings. The van der Waals surface area contributed by atoms with E-state index in [4.69, 9.17) is 4.74 Å². The van der Waals surface area contributed by atoms with Crippen LogP contribution >= 0.6 is 0 Å². The van der Waals surface area contributed by atoms with Gasteiger partial charge >= 0.3 is 0 Å². The van der Waals surface area contributed by atoms with Gasteiger partial charge in [0, 0.05) is 37.6 Å². The summed E-state index contributed by atoms with van der Waals surface area (Å²) < 4.78 is 7.45. The van der Waals surface area contributed by atoms with Crippen LogP contribution in [0, 0.1) is 25.2 Å². The molecule has 0 bridgehead atoms. The number of likely N-dealkylation sites (tertiary alicyclic amines) is 1. The van der Waals surface area contributed by atoms with E-state index in [0.29, 0.717) is 19.2 Å². The minimum absolute atomic E-state index is 0.149. The van der Waals surface area contributed by atoms with Crippen molar-refractivity contribution in [3.63, 3.8) is 0 Å². The molecule has 2 unspecified atom stereocenters. The van der Waals surface area contributed by atoms with Crippen molar-refractivity contribution in [2.24, 2.45) is 0 Å². The molecule has 0 spiro atoms. The minimum Gasteiger partial charge on any atom is -0.383 e. The Bertz CT molecular complexity index is 760. The number of piperidine rings is 1. The topological polar surface area (TPSA) is 70.3 Å². The van der Waals surface area contributed by atoms with Crippen molar-refractivity contribution in [1.82, 2.24) is 14.8 Å². The molecule has 1 aromatic heterocycles. The summed E-state index contributed by atoms with van der Waals surface area (Å²) >= 11 is 0. The van der Waals surface area contributed by atoms with Crippen molar-refractivity contribution in [3.8, 4) is 6.07 Å². The van der Waals surface area contributed by atoms with Crippen LogP contribution in [0.5, 0.6) is 0 Å². The van der Waals surface area contributed by atoms with Crippen LogP contribution in [0.25, 0.3) is 6.08 Å². The van der Waals surface area contributed by atoms with Gasteiger partial charge in [-0.15, -0.1) is 0 Å². The zero-order valence-electron chi connectivity index (χ0n) is 18.6. The molecule has 1 saturated heterocycles. The van der Waals surface area contributed by atoms with Crippen LogP contribution in [-0.2, 0) is 9.53 Å². The first-order valence-corrected chi connectivity index (χ1v) is 10.7. The highest BCUT2D eigenvalue weighted by atomic mass is 16.5. The molecule has 0 aromatic carbocycles. The quantitative estimate of drug-likeness (QED) is 0.391. The largest absolute Gasteiger partial charge is 0.383 e. The van der Waals surface area contributed by atoms with Gasteiger partial charge in [-0.3, -0.25) is 4.79 Å². The number of amides is 1. The van der Waals surface area contributed by atoms with E-state index in [0.717, 1.165) is 36.5 Å². The summed E-state index contributed by atoms with van der Waals surface area (Å²) in [5, 5.41) is 12.4. The Hall–Kier alpha value is -2.10. The number of nitriles is 1. The Morgan fingerprint density at radius 3 is 2.86 bits per heavy atom.